The Kier molecular flexibility index (Phi) is 6.41. The molecule has 2 atom stereocenters. The Bertz CT molecular complexity index is 668. The Balaban J connectivity index is 1.94. The Hall–Kier alpha value is -0.920. The largest absolute Gasteiger partial charge is 0.465 e. The fourth-order valence-corrected chi connectivity index (χ4v) is 5.63. The lowest BCUT2D eigenvalue weighted by molar-refractivity contribution is -0.124. The second kappa shape index (κ2) is 8.40. The van der Waals surface area contributed by atoms with E-state index in [0.29, 0.717) is 29.3 Å². The second-order valence-electron chi connectivity index (χ2n) is 7.54. The van der Waals surface area contributed by atoms with Crippen molar-refractivity contribution in [2.45, 2.75) is 64.0 Å². The highest BCUT2D eigenvalue weighted by molar-refractivity contribution is 9.11. The van der Waals surface area contributed by atoms with E-state index >= 15 is 0 Å². The van der Waals surface area contributed by atoms with Gasteiger partial charge >= 0.3 is 5.97 Å². The lowest BCUT2D eigenvalue weighted by atomic mass is 9.82. The molecule has 1 aromatic rings. The molecule has 1 N–H and O–H groups in total. The van der Waals surface area contributed by atoms with Crippen LogP contribution in [0.5, 0.6) is 0 Å². The zero-order chi connectivity index (χ0) is 18.8. The number of carbonyl (C=O) groups excluding carboxylic acids is 2. The van der Waals surface area contributed by atoms with E-state index < -0.39 is 5.97 Å². The molecule has 1 heterocycles. The van der Waals surface area contributed by atoms with Crippen LogP contribution in [0.15, 0.2) is 9.85 Å². The third-order valence-corrected chi connectivity index (χ3v) is 7.26. The van der Waals surface area contributed by atoms with Gasteiger partial charge in [-0.15, -0.1) is 11.3 Å². The van der Waals surface area contributed by atoms with E-state index in [4.69, 9.17) is 4.74 Å². The fourth-order valence-electron chi connectivity index (χ4n) is 4.14. The summed E-state index contributed by atoms with van der Waals surface area (Å²) in [6.45, 7) is 2.23. The number of ether oxygens (including phenoxy) is 1. The van der Waals surface area contributed by atoms with Gasteiger partial charge in [0.25, 0.3) is 0 Å². The van der Waals surface area contributed by atoms with Crippen LogP contribution in [-0.2, 0) is 9.53 Å². The van der Waals surface area contributed by atoms with Crippen LogP contribution in [0, 0.1) is 11.8 Å². The lowest BCUT2D eigenvalue weighted by Gasteiger charge is -2.34. The number of hydrogen-bond acceptors (Lipinski definition) is 5. The minimum absolute atomic E-state index is 0.00637. The van der Waals surface area contributed by atoms with Crippen LogP contribution in [0.25, 0.3) is 0 Å². The molecule has 2 aliphatic carbocycles. The maximum Gasteiger partial charge on any atom is 0.350 e. The molecule has 26 heavy (non-hydrogen) atoms. The number of nitrogens with zero attached hydrogens (tertiary/aromatic N) is 1. The maximum atomic E-state index is 13.5. The summed E-state index contributed by atoms with van der Waals surface area (Å²) in [4.78, 5) is 27.9. The van der Waals surface area contributed by atoms with Gasteiger partial charge in [-0.05, 0) is 72.9 Å². The van der Waals surface area contributed by atoms with E-state index in [9.17, 15) is 14.7 Å². The first-order valence-corrected chi connectivity index (χ1v) is 10.9. The molecule has 0 aliphatic heterocycles. The molecule has 2 aliphatic rings. The first kappa shape index (κ1) is 19.8. The maximum absolute atomic E-state index is 13.5. The summed E-state index contributed by atoms with van der Waals surface area (Å²) in [5, 5.41) is 10.0. The number of rotatable bonds is 4. The number of anilines is 1. The molecular formula is C19H26BrNO4S. The van der Waals surface area contributed by atoms with E-state index in [1.807, 2.05) is 6.07 Å². The van der Waals surface area contributed by atoms with Crippen molar-refractivity contribution in [3.8, 4) is 0 Å². The molecule has 2 unspecified atom stereocenters. The first-order chi connectivity index (χ1) is 12.4. The molecule has 0 bridgehead atoms. The van der Waals surface area contributed by atoms with Crippen molar-refractivity contribution in [2.24, 2.45) is 11.8 Å². The predicted octanol–water partition coefficient (Wildman–Crippen LogP) is 4.37. The van der Waals surface area contributed by atoms with Gasteiger partial charge in [0.05, 0.1) is 22.7 Å². The number of carbonyl (C=O) groups is 2. The summed E-state index contributed by atoms with van der Waals surface area (Å²) < 4.78 is 5.72. The molecule has 2 saturated carbocycles. The van der Waals surface area contributed by atoms with Crippen LogP contribution in [0.1, 0.15) is 61.5 Å². The zero-order valence-electron chi connectivity index (χ0n) is 15.2. The van der Waals surface area contributed by atoms with Gasteiger partial charge in [0.15, 0.2) is 0 Å². The van der Waals surface area contributed by atoms with E-state index in [1.165, 1.54) is 18.4 Å². The molecule has 144 valence electrons. The third-order valence-electron chi connectivity index (χ3n) is 5.66. The highest BCUT2D eigenvalue weighted by atomic mass is 79.9. The third kappa shape index (κ3) is 4.15. The van der Waals surface area contributed by atoms with E-state index in [-0.39, 0.29) is 24.0 Å². The first-order valence-electron chi connectivity index (χ1n) is 9.29. The van der Waals surface area contributed by atoms with Crippen LogP contribution >= 0.6 is 27.3 Å². The molecule has 3 rings (SSSR count). The van der Waals surface area contributed by atoms with Gasteiger partial charge in [-0.3, -0.25) is 4.79 Å². The number of aliphatic hydroxyl groups excluding tert-OH is 1. The number of halogens is 1. The topological polar surface area (TPSA) is 66.8 Å². The molecule has 0 aromatic carbocycles. The molecule has 0 saturated heterocycles. The molecular weight excluding hydrogens is 418 g/mol. The standard InChI is InChI=1S/C19H26BrNO4S/c1-11-3-5-12(6-4-11)18(23)21(13-7-8-14(22)9-13)15-10-16(20)26-17(15)19(24)25-2/h10-14,22H,3-9H2,1-2H3. The number of amides is 1. The Morgan fingerprint density at radius 2 is 1.92 bits per heavy atom. The Labute approximate surface area is 166 Å². The minimum Gasteiger partial charge on any atom is -0.465 e. The van der Waals surface area contributed by atoms with Crippen molar-refractivity contribution >= 4 is 44.8 Å². The number of thiophene rings is 1. The van der Waals surface area contributed by atoms with E-state index in [0.717, 1.165) is 35.9 Å². The predicted molar refractivity (Wildman–Crippen MR) is 106 cm³/mol. The highest BCUT2D eigenvalue weighted by Crippen LogP contribution is 2.40. The second-order valence-corrected chi connectivity index (χ2v) is 9.97. The lowest BCUT2D eigenvalue weighted by Crippen LogP contribution is -2.44. The Morgan fingerprint density at radius 3 is 2.50 bits per heavy atom. The van der Waals surface area contributed by atoms with Gasteiger partial charge in [0.2, 0.25) is 5.91 Å². The monoisotopic (exact) mass is 443 g/mol. The number of esters is 1. The van der Waals surface area contributed by atoms with Gasteiger partial charge in [0, 0.05) is 12.0 Å². The molecule has 2 fully saturated rings. The smallest absolute Gasteiger partial charge is 0.350 e. The summed E-state index contributed by atoms with van der Waals surface area (Å²) in [7, 11) is 1.35. The molecule has 0 radical (unpaired) electrons. The summed E-state index contributed by atoms with van der Waals surface area (Å²) in [6.07, 6.45) is 5.53. The number of hydrogen-bond donors (Lipinski definition) is 1. The van der Waals surface area contributed by atoms with Gasteiger partial charge in [-0.2, -0.15) is 0 Å². The molecule has 5 nitrogen and oxygen atoms in total. The quantitative estimate of drug-likeness (QED) is 0.701. The minimum atomic E-state index is -0.427. The van der Waals surface area contributed by atoms with Crippen molar-refractivity contribution in [3.63, 3.8) is 0 Å². The van der Waals surface area contributed by atoms with Crippen molar-refractivity contribution in [1.29, 1.82) is 0 Å². The summed E-state index contributed by atoms with van der Waals surface area (Å²) in [5.41, 5.74) is 0.622. The molecule has 7 heteroatoms. The van der Waals surface area contributed by atoms with Crippen LogP contribution in [0.3, 0.4) is 0 Å². The van der Waals surface area contributed by atoms with E-state index in [1.54, 1.807) is 4.90 Å². The fraction of sp³-hybridized carbons (Fsp3) is 0.684. The van der Waals surface area contributed by atoms with Crippen molar-refractivity contribution in [3.05, 3.63) is 14.7 Å². The van der Waals surface area contributed by atoms with Crippen LogP contribution < -0.4 is 4.90 Å². The van der Waals surface area contributed by atoms with Crippen molar-refractivity contribution in [1.82, 2.24) is 0 Å². The summed E-state index contributed by atoms with van der Waals surface area (Å²) in [6, 6.07) is 1.77. The highest BCUT2D eigenvalue weighted by Gasteiger charge is 2.38. The Morgan fingerprint density at radius 1 is 1.23 bits per heavy atom. The zero-order valence-corrected chi connectivity index (χ0v) is 17.6. The average Bonchev–Trinajstić information content (AvgIpc) is 3.21. The van der Waals surface area contributed by atoms with Gasteiger partial charge < -0.3 is 14.7 Å². The van der Waals surface area contributed by atoms with Crippen molar-refractivity contribution in [2.75, 3.05) is 12.0 Å². The summed E-state index contributed by atoms with van der Waals surface area (Å²) in [5.74, 6) is 0.325. The van der Waals surface area contributed by atoms with Crippen LogP contribution in [-0.4, -0.2) is 36.2 Å². The van der Waals surface area contributed by atoms with Gasteiger partial charge in [0.1, 0.15) is 4.88 Å². The molecule has 1 amide bonds. The number of methoxy groups -OCH3 is 1. The molecule has 0 spiro atoms. The average molecular weight is 444 g/mol. The van der Waals surface area contributed by atoms with Gasteiger partial charge in [-0.25, -0.2) is 4.79 Å². The van der Waals surface area contributed by atoms with E-state index in [2.05, 4.69) is 22.9 Å². The summed E-state index contributed by atoms with van der Waals surface area (Å²) >= 11 is 4.73. The number of aliphatic hydroxyl groups is 1. The van der Waals surface area contributed by atoms with Crippen LogP contribution in [0.2, 0.25) is 0 Å². The van der Waals surface area contributed by atoms with Crippen LogP contribution in [0.4, 0.5) is 5.69 Å². The normalized spacial score (nSPS) is 28.8. The van der Waals surface area contributed by atoms with Gasteiger partial charge in [-0.1, -0.05) is 6.92 Å². The SMILES string of the molecule is COC(=O)c1sc(Br)cc1N(C(=O)C1CCC(C)CC1)C1CCC(O)C1. The molecule has 1 aromatic heterocycles. The van der Waals surface area contributed by atoms with Crippen molar-refractivity contribution < 1.29 is 19.4 Å².